The van der Waals surface area contributed by atoms with Gasteiger partial charge in [-0.15, -0.1) is 12.8 Å². The average Bonchev–Trinajstić information content (AvgIpc) is 3.06. The van der Waals surface area contributed by atoms with Gasteiger partial charge in [-0.2, -0.15) is 0 Å². The van der Waals surface area contributed by atoms with Crippen LogP contribution >= 0.6 is 0 Å². The molecule has 2 aromatic rings. The summed E-state index contributed by atoms with van der Waals surface area (Å²) < 4.78 is 32.8. The molecule has 250 valence electrons. The fraction of sp³-hybridized carbons (Fsp3) is 0.641. The second kappa shape index (κ2) is 20.9. The van der Waals surface area contributed by atoms with Crippen molar-refractivity contribution in [2.75, 3.05) is 26.4 Å². The van der Waals surface area contributed by atoms with Crippen molar-refractivity contribution in [3.8, 4) is 5.75 Å². The van der Waals surface area contributed by atoms with Crippen molar-refractivity contribution < 1.29 is 28.4 Å². The van der Waals surface area contributed by atoms with E-state index in [1.54, 1.807) is 6.07 Å². The predicted molar refractivity (Wildman–Crippen MR) is 178 cm³/mol. The summed E-state index contributed by atoms with van der Waals surface area (Å²) in [4.78, 5) is 10.7. The normalized spacial score (nSPS) is 22.0. The first-order valence-corrected chi connectivity index (χ1v) is 17.7. The molecule has 6 heteroatoms. The molecule has 45 heavy (non-hydrogen) atoms. The van der Waals surface area contributed by atoms with Crippen molar-refractivity contribution in [3.05, 3.63) is 78.3 Å². The van der Waals surface area contributed by atoms with E-state index in [1.807, 2.05) is 24.6 Å². The van der Waals surface area contributed by atoms with Crippen LogP contribution in [0.5, 0.6) is 5.75 Å². The lowest BCUT2D eigenvalue weighted by molar-refractivity contribution is -0.305. The third-order valence-corrected chi connectivity index (χ3v) is 9.49. The Balaban J connectivity index is 0.992. The lowest BCUT2D eigenvalue weighted by Crippen LogP contribution is -2.27. The highest BCUT2D eigenvalue weighted by Crippen LogP contribution is 2.38. The van der Waals surface area contributed by atoms with Gasteiger partial charge in [-0.3, -0.25) is 0 Å². The molecular weight excluding hydrogens is 567 g/mol. The highest BCUT2D eigenvalue weighted by atomic mass is 19.1. The monoisotopic (exact) mass is 624 g/mol. The standard InChI is InChI=1S/C39H57FO5/c1-3-4-5-6-7-25-41-37-21-23-38(24-22-37)43-27-9-28-44-45-30-35-18-17-34(29-39(35)40)33-15-13-32(14-16-33)10-8-26-42-36-19-11-31(2)12-20-36/h3,11-12,17-20,29,32-33,37-38H,1,4-10,13-16,21-28,30H2,2H3. The minimum Gasteiger partial charge on any atom is -0.494 e. The smallest absolute Gasteiger partial charge is 0.129 e. The summed E-state index contributed by atoms with van der Waals surface area (Å²) in [6.45, 7) is 8.69. The topological polar surface area (TPSA) is 46.2 Å². The molecule has 2 aromatic carbocycles. The molecule has 0 atom stereocenters. The number of hydrogen-bond acceptors (Lipinski definition) is 5. The SMILES string of the molecule is [CH2+][CH-]CCCCCOC1CCC(OCCCOOCc2ccc(C3CCC(CCCOc4ccc(C)cc4)CC3)cc2F)CC1. The number of ether oxygens (including phenoxy) is 3. The van der Waals surface area contributed by atoms with Crippen LogP contribution in [0.1, 0.15) is 119 Å². The second-order valence-corrected chi connectivity index (χ2v) is 13.1. The fourth-order valence-electron chi connectivity index (χ4n) is 6.63. The highest BCUT2D eigenvalue weighted by molar-refractivity contribution is 5.27. The molecule has 2 fully saturated rings. The van der Waals surface area contributed by atoms with E-state index in [2.05, 4.69) is 32.0 Å². The third-order valence-electron chi connectivity index (χ3n) is 9.49. The fourth-order valence-corrected chi connectivity index (χ4v) is 6.63. The molecule has 4 rings (SSSR count). The Bertz CT molecular complexity index is 1040. The van der Waals surface area contributed by atoms with Crippen LogP contribution in [0.3, 0.4) is 0 Å². The van der Waals surface area contributed by atoms with E-state index in [9.17, 15) is 4.39 Å². The molecule has 2 aliphatic carbocycles. The number of rotatable bonds is 21. The van der Waals surface area contributed by atoms with Gasteiger partial charge in [-0.1, -0.05) is 49.6 Å². The van der Waals surface area contributed by atoms with Crippen LogP contribution < -0.4 is 4.74 Å². The highest BCUT2D eigenvalue weighted by Gasteiger charge is 2.23. The average molecular weight is 625 g/mol. The molecule has 0 bridgehead atoms. The van der Waals surface area contributed by atoms with Gasteiger partial charge in [0.15, 0.2) is 0 Å². The van der Waals surface area contributed by atoms with Gasteiger partial charge in [0.25, 0.3) is 0 Å². The van der Waals surface area contributed by atoms with E-state index < -0.39 is 0 Å². The molecule has 0 unspecified atom stereocenters. The van der Waals surface area contributed by atoms with Crippen molar-refractivity contribution in [2.45, 2.75) is 128 Å². The van der Waals surface area contributed by atoms with Crippen molar-refractivity contribution in [2.24, 2.45) is 5.92 Å². The maximum atomic E-state index is 14.9. The van der Waals surface area contributed by atoms with Crippen LogP contribution in [0.25, 0.3) is 0 Å². The molecular formula is C39H57FO5. The molecule has 0 aliphatic heterocycles. The summed E-state index contributed by atoms with van der Waals surface area (Å²) in [5.74, 6) is 1.92. The van der Waals surface area contributed by atoms with Crippen LogP contribution in [-0.2, 0) is 25.9 Å². The number of unbranched alkanes of at least 4 members (excludes halogenated alkanes) is 4. The minimum atomic E-state index is -0.206. The minimum absolute atomic E-state index is 0.114. The first-order valence-electron chi connectivity index (χ1n) is 17.7. The summed E-state index contributed by atoms with van der Waals surface area (Å²) in [5, 5.41) is 0. The third kappa shape index (κ3) is 13.6. The van der Waals surface area contributed by atoms with Gasteiger partial charge >= 0.3 is 0 Å². The lowest BCUT2D eigenvalue weighted by Gasteiger charge is -2.29. The van der Waals surface area contributed by atoms with E-state index in [4.69, 9.17) is 24.0 Å². The van der Waals surface area contributed by atoms with Crippen LogP contribution in [0.15, 0.2) is 42.5 Å². The zero-order valence-electron chi connectivity index (χ0n) is 27.7. The Morgan fingerprint density at radius 3 is 2.13 bits per heavy atom. The lowest BCUT2D eigenvalue weighted by atomic mass is 9.77. The summed E-state index contributed by atoms with van der Waals surface area (Å²) in [6.07, 6.45) is 19.3. The molecule has 0 N–H and O–H groups in total. The maximum absolute atomic E-state index is 14.9. The van der Waals surface area contributed by atoms with Crippen LogP contribution in [0.4, 0.5) is 4.39 Å². The van der Waals surface area contributed by atoms with Crippen LogP contribution in [0, 0.1) is 32.0 Å². The van der Waals surface area contributed by atoms with E-state index in [0.29, 0.717) is 36.9 Å². The summed E-state index contributed by atoms with van der Waals surface area (Å²) in [5.41, 5.74) is 2.89. The summed E-state index contributed by atoms with van der Waals surface area (Å²) in [6, 6.07) is 13.9. The predicted octanol–water partition coefficient (Wildman–Crippen LogP) is 10.0. The first-order chi connectivity index (χ1) is 22.1. The van der Waals surface area contributed by atoms with Gasteiger partial charge in [-0.05, 0) is 120 Å². The molecule has 0 radical (unpaired) electrons. The molecule has 2 saturated carbocycles. The number of benzene rings is 2. The summed E-state index contributed by atoms with van der Waals surface area (Å²) >= 11 is 0. The van der Waals surface area contributed by atoms with E-state index >= 15 is 0 Å². The zero-order chi connectivity index (χ0) is 31.5. The molecule has 0 spiro atoms. The van der Waals surface area contributed by atoms with E-state index in [-0.39, 0.29) is 12.4 Å². The van der Waals surface area contributed by atoms with E-state index in [0.717, 1.165) is 94.7 Å². The Labute approximate surface area is 272 Å². The molecule has 5 nitrogen and oxygen atoms in total. The summed E-state index contributed by atoms with van der Waals surface area (Å²) in [7, 11) is 0. The number of aryl methyl sites for hydroxylation is 1. The first kappa shape index (κ1) is 35.7. The van der Waals surface area contributed by atoms with Crippen molar-refractivity contribution in [1.82, 2.24) is 0 Å². The van der Waals surface area contributed by atoms with Crippen molar-refractivity contribution >= 4 is 0 Å². The van der Waals surface area contributed by atoms with Gasteiger partial charge in [0.2, 0.25) is 0 Å². The molecule has 0 saturated heterocycles. The number of halogens is 1. The van der Waals surface area contributed by atoms with Crippen LogP contribution in [-0.4, -0.2) is 38.6 Å². The van der Waals surface area contributed by atoms with Crippen LogP contribution in [0.2, 0.25) is 0 Å². The largest absolute Gasteiger partial charge is 0.494 e. The van der Waals surface area contributed by atoms with Gasteiger partial charge in [-0.25, -0.2) is 14.2 Å². The van der Waals surface area contributed by atoms with Gasteiger partial charge in [0.05, 0.1) is 25.4 Å². The quantitative estimate of drug-likeness (QED) is 0.0599. The van der Waals surface area contributed by atoms with Gasteiger partial charge in [0.1, 0.15) is 18.2 Å². The van der Waals surface area contributed by atoms with Crippen molar-refractivity contribution in [1.29, 1.82) is 0 Å². The molecule has 0 heterocycles. The Hall–Kier alpha value is -2.12. The maximum Gasteiger partial charge on any atom is 0.129 e. The zero-order valence-corrected chi connectivity index (χ0v) is 27.7. The van der Waals surface area contributed by atoms with Gasteiger partial charge in [0, 0.05) is 18.8 Å². The number of hydrogen-bond donors (Lipinski definition) is 0. The molecule has 0 amide bonds. The second-order valence-electron chi connectivity index (χ2n) is 13.1. The Kier molecular flexibility index (Phi) is 16.6. The Morgan fingerprint density at radius 2 is 1.44 bits per heavy atom. The van der Waals surface area contributed by atoms with Crippen molar-refractivity contribution in [3.63, 3.8) is 0 Å². The molecule has 0 aromatic heterocycles. The molecule has 2 aliphatic rings. The van der Waals surface area contributed by atoms with Gasteiger partial charge < -0.3 is 14.2 Å². The van der Waals surface area contributed by atoms with E-state index in [1.165, 1.54) is 37.7 Å². The Morgan fingerprint density at radius 1 is 0.733 bits per heavy atom.